The number of aromatic nitrogens is 7. The molecule has 4 heterocycles. The first-order chi connectivity index (χ1) is 17.5. The zero-order valence-electron chi connectivity index (χ0n) is 20.7. The Bertz CT molecular complexity index is 1510. The van der Waals surface area contributed by atoms with Gasteiger partial charge < -0.3 is 5.32 Å². The van der Waals surface area contributed by atoms with Crippen LogP contribution in [0.25, 0.3) is 22.6 Å². The number of rotatable bonds is 8. The summed E-state index contributed by atoms with van der Waals surface area (Å²) in [5.74, 6) is 2.27. The molecule has 2 saturated carbocycles. The molecule has 0 aromatic carbocycles. The maximum atomic E-state index is 13.7. The zero-order valence-corrected chi connectivity index (χ0v) is 21.5. The third kappa shape index (κ3) is 4.23. The molecule has 36 heavy (non-hydrogen) atoms. The topological polar surface area (TPSA) is 111 Å². The Kier molecular flexibility index (Phi) is 5.70. The maximum Gasteiger partial charge on any atom is 0.295 e. The van der Waals surface area contributed by atoms with Gasteiger partial charge in [-0.1, -0.05) is 6.92 Å². The Labute approximate surface area is 213 Å². The van der Waals surface area contributed by atoms with Crippen molar-refractivity contribution in [2.45, 2.75) is 69.4 Å². The lowest BCUT2D eigenvalue weighted by Gasteiger charge is -2.18. The average molecular weight is 501 g/mol. The second kappa shape index (κ2) is 8.92. The molecule has 2 aliphatic carbocycles. The van der Waals surface area contributed by atoms with Gasteiger partial charge in [0, 0.05) is 22.5 Å². The van der Waals surface area contributed by atoms with Gasteiger partial charge in [0.25, 0.3) is 5.56 Å². The zero-order chi connectivity index (χ0) is 24.9. The minimum atomic E-state index is -0.279. The fourth-order valence-corrected chi connectivity index (χ4v) is 5.12. The second-order valence-electron chi connectivity index (χ2n) is 9.77. The molecule has 0 spiro atoms. The van der Waals surface area contributed by atoms with Crippen molar-refractivity contribution < 1.29 is 0 Å². The van der Waals surface area contributed by atoms with Crippen LogP contribution >= 0.6 is 11.8 Å². The highest BCUT2D eigenvalue weighted by molar-refractivity contribution is 7.99. The van der Waals surface area contributed by atoms with Gasteiger partial charge in [-0.2, -0.15) is 0 Å². The number of nitrogens with zero attached hydrogens (tertiary/aromatic N) is 7. The van der Waals surface area contributed by atoms with Crippen LogP contribution in [0.15, 0.2) is 40.5 Å². The Hall–Kier alpha value is -3.40. The lowest BCUT2D eigenvalue weighted by Crippen LogP contribution is -2.32. The molecular formula is C26H28N8OS. The molecule has 0 aliphatic heterocycles. The predicted octanol–water partition coefficient (Wildman–Crippen LogP) is 4.46. The molecule has 0 bridgehead atoms. The molecule has 0 atom stereocenters. The van der Waals surface area contributed by atoms with Gasteiger partial charge in [0.05, 0.1) is 35.4 Å². The van der Waals surface area contributed by atoms with Crippen molar-refractivity contribution >= 4 is 28.7 Å². The third-order valence-electron chi connectivity index (χ3n) is 6.91. The van der Waals surface area contributed by atoms with Crippen molar-refractivity contribution in [1.82, 2.24) is 34.5 Å². The van der Waals surface area contributed by atoms with Crippen molar-refractivity contribution in [3.63, 3.8) is 0 Å². The van der Waals surface area contributed by atoms with E-state index in [1.807, 2.05) is 19.2 Å². The number of pyridine rings is 1. The summed E-state index contributed by atoms with van der Waals surface area (Å²) in [5.41, 5.74) is 4.25. The quantitative estimate of drug-likeness (QED) is 0.351. The van der Waals surface area contributed by atoms with Crippen molar-refractivity contribution in [3.05, 3.63) is 58.3 Å². The fourth-order valence-electron chi connectivity index (χ4n) is 4.50. The standard InChI is InChI=1S/C26H28N8OS/c1-4-36-18-8-7-17(27-12-18)11-28-23-25(35)34(26(3)9-10-26)24-19(32-23)13-29-22(33-24)20-15(2)30-14-31-21(20)16-5-6-16/h7-8,12-14,16H,4-6,9-11H2,1-3H3,(H,28,32). The Balaban J connectivity index is 1.40. The minimum Gasteiger partial charge on any atom is -0.360 e. The summed E-state index contributed by atoms with van der Waals surface area (Å²) in [7, 11) is 0. The molecule has 1 N–H and O–H groups in total. The number of hydrogen-bond acceptors (Lipinski definition) is 9. The molecule has 9 nitrogen and oxygen atoms in total. The summed E-state index contributed by atoms with van der Waals surface area (Å²) in [6.07, 6.45) is 9.26. The van der Waals surface area contributed by atoms with E-state index in [-0.39, 0.29) is 11.1 Å². The van der Waals surface area contributed by atoms with Crippen LogP contribution in [0.5, 0.6) is 0 Å². The number of thioether (sulfide) groups is 1. The van der Waals surface area contributed by atoms with Crippen LogP contribution in [-0.4, -0.2) is 40.2 Å². The monoisotopic (exact) mass is 500 g/mol. The van der Waals surface area contributed by atoms with Crippen LogP contribution in [-0.2, 0) is 12.1 Å². The predicted molar refractivity (Wildman–Crippen MR) is 140 cm³/mol. The highest BCUT2D eigenvalue weighted by Gasteiger charge is 2.42. The average Bonchev–Trinajstić information content (AvgIpc) is 3.81. The van der Waals surface area contributed by atoms with E-state index in [4.69, 9.17) is 4.98 Å². The van der Waals surface area contributed by atoms with Crippen molar-refractivity contribution in [2.24, 2.45) is 0 Å². The molecule has 6 rings (SSSR count). The highest BCUT2D eigenvalue weighted by Crippen LogP contribution is 2.45. The minimum absolute atomic E-state index is 0.172. The van der Waals surface area contributed by atoms with Gasteiger partial charge in [-0.05, 0) is 57.4 Å². The molecule has 2 fully saturated rings. The highest BCUT2D eigenvalue weighted by atomic mass is 32.2. The van der Waals surface area contributed by atoms with Crippen LogP contribution in [0, 0.1) is 6.92 Å². The normalized spacial score (nSPS) is 16.3. The molecule has 10 heteroatoms. The largest absolute Gasteiger partial charge is 0.360 e. The SMILES string of the molecule is CCSc1ccc(CNc2nc3cnc(-c4c(C)ncnc4C4CC4)nc3n(C3(C)CC3)c2=O)nc1. The van der Waals surface area contributed by atoms with E-state index in [2.05, 4.69) is 50.2 Å². The van der Waals surface area contributed by atoms with Crippen LogP contribution in [0.4, 0.5) is 5.82 Å². The molecule has 0 amide bonds. The van der Waals surface area contributed by atoms with Crippen LogP contribution in [0.3, 0.4) is 0 Å². The molecule has 2 aliphatic rings. The third-order valence-corrected chi connectivity index (χ3v) is 7.78. The van der Waals surface area contributed by atoms with Gasteiger partial charge in [0.2, 0.25) is 0 Å². The van der Waals surface area contributed by atoms with Crippen molar-refractivity contribution in [3.8, 4) is 11.4 Å². The van der Waals surface area contributed by atoms with Crippen LogP contribution < -0.4 is 10.9 Å². The van der Waals surface area contributed by atoms with E-state index in [0.717, 1.165) is 59.0 Å². The van der Waals surface area contributed by atoms with Gasteiger partial charge in [-0.15, -0.1) is 11.8 Å². The van der Waals surface area contributed by atoms with Gasteiger partial charge in [0.1, 0.15) is 11.8 Å². The molecule has 0 unspecified atom stereocenters. The Morgan fingerprint density at radius 1 is 1.11 bits per heavy atom. The Morgan fingerprint density at radius 2 is 1.94 bits per heavy atom. The summed E-state index contributed by atoms with van der Waals surface area (Å²) in [6, 6.07) is 4.03. The molecule has 4 aromatic heterocycles. The molecule has 0 saturated heterocycles. The van der Waals surface area contributed by atoms with Crippen LogP contribution in [0.2, 0.25) is 0 Å². The van der Waals surface area contributed by atoms with E-state index >= 15 is 0 Å². The first kappa shape index (κ1) is 23.0. The van der Waals surface area contributed by atoms with Crippen LogP contribution in [0.1, 0.15) is 62.5 Å². The number of hydrogen-bond donors (Lipinski definition) is 1. The smallest absolute Gasteiger partial charge is 0.295 e. The number of nitrogens with one attached hydrogen (secondary N) is 1. The molecule has 4 aromatic rings. The summed E-state index contributed by atoms with van der Waals surface area (Å²) in [6.45, 7) is 6.58. The van der Waals surface area contributed by atoms with Gasteiger partial charge >= 0.3 is 0 Å². The van der Waals surface area contributed by atoms with E-state index in [9.17, 15) is 4.79 Å². The van der Waals surface area contributed by atoms with E-state index in [0.29, 0.717) is 35.3 Å². The Morgan fingerprint density at radius 3 is 2.64 bits per heavy atom. The second-order valence-corrected chi connectivity index (χ2v) is 11.1. The molecule has 0 radical (unpaired) electrons. The summed E-state index contributed by atoms with van der Waals surface area (Å²) in [5, 5.41) is 3.21. The first-order valence-corrected chi connectivity index (χ1v) is 13.4. The lowest BCUT2D eigenvalue weighted by molar-refractivity contribution is 0.527. The van der Waals surface area contributed by atoms with Crippen molar-refractivity contribution in [2.75, 3.05) is 11.1 Å². The van der Waals surface area contributed by atoms with Gasteiger partial charge in [0.15, 0.2) is 17.3 Å². The summed E-state index contributed by atoms with van der Waals surface area (Å²) < 4.78 is 1.80. The van der Waals surface area contributed by atoms with E-state index < -0.39 is 0 Å². The molecule has 184 valence electrons. The van der Waals surface area contributed by atoms with E-state index in [1.165, 1.54) is 0 Å². The van der Waals surface area contributed by atoms with E-state index in [1.54, 1.807) is 28.9 Å². The lowest BCUT2D eigenvalue weighted by atomic mass is 10.1. The first-order valence-electron chi connectivity index (χ1n) is 12.4. The number of aryl methyl sites for hydroxylation is 1. The number of anilines is 1. The fraction of sp³-hybridized carbons (Fsp3) is 0.423. The van der Waals surface area contributed by atoms with Gasteiger partial charge in [-0.25, -0.2) is 24.9 Å². The number of fused-ring (bicyclic) bond motifs is 1. The summed E-state index contributed by atoms with van der Waals surface area (Å²) >= 11 is 1.75. The molecular weight excluding hydrogens is 472 g/mol. The van der Waals surface area contributed by atoms with Crippen molar-refractivity contribution in [1.29, 1.82) is 0 Å². The van der Waals surface area contributed by atoms with Gasteiger partial charge in [-0.3, -0.25) is 14.3 Å². The summed E-state index contributed by atoms with van der Waals surface area (Å²) in [4.78, 5) is 42.4. The maximum absolute atomic E-state index is 13.7.